The number of nitrogens with one attached hydrogen (secondary N) is 1. The third-order valence-corrected chi connectivity index (χ3v) is 4.39. The van der Waals surface area contributed by atoms with Crippen molar-refractivity contribution in [3.63, 3.8) is 0 Å². The van der Waals surface area contributed by atoms with Gasteiger partial charge in [-0.15, -0.1) is 0 Å². The Labute approximate surface area is 130 Å². The first-order chi connectivity index (χ1) is 10.2. The van der Waals surface area contributed by atoms with Crippen molar-refractivity contribution in [2.24, 2.45) is 5.92 Å². The predicted octanol–water partition coefficient (Wildman–Crippen LogP) is 2.82. The molecule has 0 aromatic rings. The van der Waals surface area contributed by atoms with Gasteiger partial charge in [0.1, 0.15) is 6.04 Å². The van der Waals surface area contributed by atoms with Crippen molar-refractivity contribution >= 4 is 5.97 Å². The molecule has 4 nitrogen and oxygen atoms in total. The van der Waals surface area contributed by atoms with Gasteiger partial charge in [-0.05, 0) is 58.2 Å². The summed E-state index contributed by atoms with van der Waals surface area (Å²) in [6.45, 7) is 10.8. The average molecular weight is 298 g/mol. The molecule has 4 heteroatoms. The summed E-state index contributed by atoms with van der Waals surface area (Å²) in [5.41, 5.74) is 0. The molecule has 124 valence electrons. The van der Waals surface area contributed by atoms with E-state index in [2.05, 4.69) is 17.1 Å². The Morgan fingerprint density at radius 3 is 2.76 bits per heavy atom. The molecule has 0 aromatic heterocycles. The highest BCUT2D eigenvalue weighted by Crippen LogP contribution is 2.22. The Bertz CT molecular complexity index is 284. The van der Waals surface area contributed by atoms with Crippen LogP contribution in [0.15, 0.2) is 0 Å². The molecular weight excluding hydrogens is 264 g/mol. The molecule has 0 aliphatic carbocycles. The van der Waals surface area contributed by atoms with Gasteiger partial charge >= 0.3 is 5.97 Å². The number of hydrogen-bond donors (Lipinski definition) is 1. The first-order valence-corrected chi connectivity index (χ1v) is 8.83. The van der Waals surface area contributed by atoms with Gasteiger partial charge in [0.05, 0.1) is 6.61 Å². The number of nitrogens with zero attached hydrogens (tertiary/aromatic N) is 1. The van der Waals surface area contributed by atoms with E-state index in [0.29, 0.717) is 6.61 Å². The molecule has 1 N–H and O–H groups in total. The van der Waals surface area contributed by atoms with Crippen LogP contribution < -0.4 is 5.32 Å². The SMILES string of the molecule is CCCC1CCCN(CCC(NCC)C(=O)OCC)CC1. The smallest absolute Gasteiger partial charge is 0.323 e. The minimum atomic E-state index is -0.148. The molecule has 0 amide bonds. The average Bonchev–Trinajstić information content (AvgIpc) is 2.69. The zero-order chi connectivity index (χ0) is 15.5. The molecule has 1 fully saturated rings. The predicted molar refractivity (Wildman–Crippen MR) is 87.4 cm³/mol. The van der Waals surface area contributed by atoms with E-state index in [1.54, 1.807) is 0 Å². The van der Waals surface area contributed by atoms with Crippen molar-refractivity contribution in [3.05, 3.63) is 0 Å². The first-order valence-electron chi connectivity index (χ1n) is 8.83. The van der Waals surface area contributed by atoms with E-state index < -0.39 is 0 Å². The molecule has 0 spiro atoms. The highest BCUT2D eigenvalue weighted by molar-refractivity contribution is 5.75. The molecule has 0 radical (unpaired) electrons. The second kappa shape index (κ2) is 11.0. The van der Waals surface area contributed by atoms with Crippen LogP contribution in [-0.4, -0.2) is 49.7 Å². The number of hydrogen-bond acceptors (Lipinski definition) is 4. The number of likely N-dealkylation sites (N-methyl/N-ethyl adjacent to an activating group) is 1. The Hall–Kier alpha value is -0.610. The summed E-state index contributed by atoms with van der Waals surface area (Å²) in [7, 11) is 0. The number of esters is 1. The van der Waals surface area contributed by atoms with E-state index in [9.17, 15) is 4.79 Å². The monoisotopic (exact) mass is 298 g/mol. The van der Waals surface area contributed by atoms with Gasteiger partial charge in [-0.3, -0.25) is 4.79 Å². The lowest BCUT2D eigenvalue weighted by Gasteiger charge is -2.23. The minimum absolute atomic E-state index is 0.0990. The topological polar surface area (TPSA) is 41.6 Å². The second-order valence-corrected chi connectivity index (χ2v) is 6.08. The van der Waals surface area contributed by atoms with Gasteiger partial charge < -0.3 is 15.0 Å². The zero-order valence-corrected chi connectivity index (χ0v) is 14.2. The van der Waals surface area contributed by atoms with E-state index in [0.717, 1.165) is 25.4 Å². The highest BCUT2D eigenvalue weighted by Gasteiger charge is 2.21. The van der Waals surface area contributed by atoms with E-state index in [4.69, 9.17) is 4.74 Å². The van der Waals surface area contributed by atoms with Crippen LogP contribution in [0.3, 0.4) is 0 Å². The number of carbonyl (C=O) groups is 1. The van der Waals surface area contributed by atoms with Gasteiger partial charge in [-0.25, -0.2) is 0 Å². The van der Waals surface area contributed by atoms with Crippen LogP contribution in [0.2, 0.25) is 0 Å². The van der Waals surface area contributed by atoms with Gasteiger partial charge in [-0.2, -0.15) is 0 Å². The van der Waals surface area contributed by atoms with E-state index >= 15 is 0 Å². The van der Waals surface area contributed by atoms with Crippen LogP contribution in [0, 0.1) is 5.92 Å². The van der Waals surface area contributed by atoms with Gasteiger partial charge in [0.25, 0.3) is 0 Å². The summed E-state index contributed by atoms with van der Waals surface area (Å²) in [5.74, 6) is 0.813. The third-order valence-electron chi connectivity index (χ3n) is 4.39. The van der Waals surface area contributed by atoms with Gasteiger partial charge in [0, 0.05) is 6.54 Å². The molecule has 1 aliphatic heterocycles. The van der Waals surface area contributed by atoms with Gasteiger partial charge in [0.2, 0.25) is 0 Å². The lowest BCUT2D eigenvalue weighted by molar-refractivity contribution is -0.145. The molecule has 1 rings (SSSR count). The Morgan fingerprint density at radius 2 is 2.10 bits per heavy atom. The quantitative estimate of drug-likeness (QED) is 0.665. The maximum Gasteiger partial charge on any atom is 0.323 e. The molecule has 21 heavy (non-hydrogen) atoms. The minimum Gasteiger partial charge on any atom is -0.465 e. The first kappa shape index (κ1) is 18.4. The summed E-state index contributed by atoms with van der Waals surface area (Å²) in [4.78, 5) is 14.4. The molecule has 0 saturated carbocycles. The highest BCUT2D eigenvalue weighted by atomic mass is 16.5. The fourth-order valence-electron chi connectivity index (χ4n) is 3.25. The fraction of sp³-hybridized carbons (Fsp3) is 0.941. The lowest BCUT2D eigenvalue weighted by atomic mass is 9.96. The van der Waals surface area contributed by atoms with Crippen LogP contribution in [0.4, 0.5) is 0 Å². The Kier molecular flexibility index (Phi) is 9.68. The molecule has 1 saturated heterocycles. The zero-order valence-electron chi connectivity index (χ0n) is 14.2. The number of rotatable bonds is 9. The summed E-state index contributed by atoms with van der Waals surface area (Å²) in [6.07, 6.45) is 7.52. The van der Waals surface area contributed by atoms with Crippen molar-refractivity contribution in [2.75, 3.05) is 32.8 Å². The third kappa shape index (κ3) is 7.28. The number of ether oxygens (including phenoxy) is 1. The van der Waals surface area contributed by atoms with Crippen molar-refractivity contribution < 1.29 is 9.53 Å². The van der Waals surface area contributed by atoms with Crippen LogP contribution in [0.5, 0.6) is 0 Å². The second-order valence-electron chi connectivity index (χ2n) is 6.08. The molecule has 1 aliphatic rings. The maximum atomic E-state index is 11.9. The van der Waals surface area contributed by atoms with Gasteiger partial charge in [-0.1, -0.05) is 26.7 Å². The molecule has 2 atom stereocenters. The van der Waals surface area contributed by atoms with Crippen LogP contribution in [0.1, 0.15) is 59.3 Å². The maximum absolute atomic E-state index is 11.9. The van der Waals surface area contributed by atoms with Crippen molar-refractivity contribution in [2.45, 2.75) is 65.3 Å². The van der Waals surface area contributed by atoms with Crippen LogP contribution in [0.25, 0.3) is 0 Å². The summed E-state index contributed by atoms with van der Waals surface area (Å²) < 4.78 is 5.15. The molecular formula is C17H34N2O2. The Morgan fingerprint density at radius 1 is 1.29 bits per heavy atom. The molecule has 0 aromatic carbocycles. The number of likely N-dealkylation sites (tertiary alicyclic amines) is 1. The Balaban J connectivity index is 2.35. The standard InChI is InChI=1S/C17H34N2O2/c1-4-8-15-9-7-12-19(13-10-15)14-11-16(18-5-2)17(20)21-6-3/h15-16,18H,4-14H2,1-3H3. The van der Waals surface area contributed by atoms with Crippen molar-refractivity contribution in [1.29, 1.82) is 0 Å². The molecule has 1 heterocycles. The number of carbonyl (C=O) groups excluding carboxylic acids is 1. The van der Waals surface area contributed by atoms with Crippen molar-refractivity contribution in [1.82, 2.24) is 10.2 Å². The molecule has 0 bridgehead atoms. The summed E-state index contributed by atoms with van der Waals surface area (Å²) in [6, 6.07) is -0.148. The van der Waals surface area contributed by atoms with E-state index in [1.165, 1.54) is 45.2 Å². The van der Waals surface area contributed by atoms with Crippen LogP contribution in [-0.2, 0) is 9.53 Å². The van der Waals surface area contributed by atoms with Crippen LogP contribution >= 0.6 is 0 Å². The lowest BCUT2D eigenvalue weighted by Crippen LogP contribution is -2.41. The van der Waals surface area contributed by atoms with Crippen molar-refractivity contribution in [3.8, 4) is 0 Å². The van der Waals surface area contributed by atoms with E-state index in [1.807, 2.05) is 13.8 Å². The normalized spacial score (nSPS) is 21.8. The van der Waals surface area contributed by atoms with Gasteiger partial charge in [0.15, 0.2) is 0 Å². The summed E-state index contributed by atoms with van der Waals surface area (Å²) >= 11 is 0. The fourth-order valence-corrected chi connectivity index (χ4v) is 3.25. The molecule has 2 unspecified atom stereocenters. The van der Waals surface area contributed by atoms with E-state index in [-0.39, 0.29) is 12.0 Å². The summed E-state index contributed by atoms with van der Waals surface area (Å²) in [5, 5.41) is 3.25. The largest absolute Gasteiger partial charge is 0.465 e.